The number of ether oxygens (including phenoxy) is 2. The molecule has 2 rings (SSSR count). The van der Waals surface area contributed by atoms with Gasteiger partial charge in [0.1, 0.15) is 17.2 Å². The van der Waals surface area contributed by atoms with Gasteiger partial charge >= 0.3 is 5.97 Å². The Kier molecular flexibility index (Phi) is 7.29. The molecule has 0 saturated carbocycles. The Bertz CT molecular complexity index is 537. The van der Waals surface area contributed by atoms with Crippen molar-refractivity contribution in [3.05, 3.63) is 29.6 Å². The van der Waals surface area contributed by atoms with E-state index in [0.717, 1.165) is 30.7 Å². The molecule has 0 radical (unpaired) electrons. The van der Waals surface area contributed by atoms with E-state index in [1.165, 1.54) is 13.2 Å². The van der Waals surface area contributed by atoms with E-state index in [0.29, 0.717) is 18.9 Å². The van der Waals surface area contributed by atoms with Gasteiger partial charge in [-0.15, -0.1) is 12.4 Å². The molecule has 1 unspecified atom stereocenters. The van der Waals surface area contributed by atoms with Crippen LogP contribution in [0.3, 0.4) is 0 Å². The Labute approximate surface area is 143 Å². The van der Waals surface area contributed by atoms with Crippen molar-refractivity contribution in [3.8, 4) is 5.75 Å². The monoisotopic (exact) mass is 345 g/mol. The van der Waals surface area contributed by atoms with E-state index in [9.17, 15) is 9.18 Å². The van der Waals surface area contributed by atoms with Crippen LogP contribution in [0.4, 0.5) is 4.39 Å². The molecule has 1 aliphatic heterocycles. The lowest BCUT2D eigenvalue weighted by molar-refractivity contribution is -0.140. The van der Waals surface area contributed by atoms with Gasteiger partial charge in [0.05, 0.1) is 13.5 Å². The van der Waals surface area contributed by atoms with Crippen LogP contribution in [-0.2, 0) is 16.0 Å². The van der Waals surface area contributed by atoms with E-state index in [4.69, 9.17) is 4.74 Å². The minimum Gasteiger partial charge on any atom is -0.487 e. The van der Waals surface area contributed by atoms with E-state index >= 15 is 0 Å². The van der Waals surface area contributed by atoms with Crippen molar-refractivity contribution in [1.29, 1.82) is 0 Å². The van der Waals surface area contributed by atoms with Crippen molar-refractivity contribution in [2.75, 3.05) is 20.2 Å². The van der Waals surface area contributed by atoms with Gasteiger partial charge in [-0.2, -0.15) is 0 Å². The molecule has 23 heavy (non-hydrogen) atoms. The van der Waals surface area contributed by atoms with Crippen LogP contribution in [0.1, 0.15) is 32.3 Å². The lowest BCUT2D eigenvalue weighted by Gasteiger charge is -2.40. The lowest BCUT2D eigenvalue weighted by Crippen LogP contribution is -2.43. The van der Waals surface area contributed by atoms with Gasteiger partial charge in [-0.05, 0) is 57.0 Å². The van der Waals surface area contributed by atoms with Gasteiger partial charge in [-0.3, -0.25) is 4.79 Å². The van der Waals surface area contributed by atoms with Crippen LogP contribution in [0, 0.1) is 11.7 Å². The van der Waals surface area contributed by atoms with E-state index in [1.54, 1.807) is 12.1 Å². The molecule has 1 aromatic carbocycles. The van der Waals surface area contributed by atoms with Crippen molar-refractivity contribution >= 4 is 18.4 Å². The highest BCUT2D eigenvalue weighted by molar-refractivity contribution is 5.85. The third-order valence-corrected chi connectivity index (χ3v) is 4.25. The van der Waals surface area contributed by atoms with Crippen LogP contribution < -0.4 is 10.1 Å². The number of hydrogen-bond donors (Lipinski definition) is 1. The summed E-state index contributed by atoms with van der Waals surface area (Å²) in [6, 6.07) is 4.70. The largest absolute Gasteiger partial charge is 0.487 e. The Hall–Kier alpha value is -1.33. The van der Waals surface area contributed by atoms with Gasteiger partial charge < -0.3 is 14.8 Å². The second-order valence-corrected chi connectivity index (χ2v) is 6.22. The van der Waals surface area contributed by atoms with Crippen LogP contribution in [0.15, 0.2) is 18.2 Å². The number of methoxy groups -OCH3 is 1. The number of benzene rings is 1. The maximum Gasteiger partial charge on any atom is 0.306 e. The number of halogens is 2. The van der Waals surface area contributed by atoms with Crippen LogP contribution in [0.2, 0.25) is 0 Å². The molecule has 1 heterocycles. The van der Waals surface area contributed by atoms with E-state index in [2.05, 4.69) is 23.9 Å². The molecule has 4 nitrogen and oxygen atoms in total. The fourth-order valence-corrected chi connectivity index (χ4v) is 2.83. The van der Waals surface area contributed by atoms with Crippen LogP contribution in [0.25, 0.3) is 0 Å². The van der Waals surface area contributed by atoms with Crippen LogP contribution >= 0.6 is 12.4 Å². The standard InChI is InChI=1S/C17H24FNO3.ClH/c1-17(2)13(6-8-19-9-7-16(20)21-3)10-12-11-14(18)4-5-15(12)22-17;/h4-5,11,13,19H,6-10H2,1-3H3;1H. The molecule has 0 aliphatic carbocycles. The maximum atomic E-state index is 13.4. The number of nitrogens with one attached hydrogen (secondary N) is 1. The Morgan fingerprint density at radius 2 is 2.17 bits per heavy atom. The average molecular weight is 346 g/mol. The van der Waals surface area contributed by atoms with Gasteiger partial charge in [0.25, 0.3) is 0 Å². The van der Waals surface area contributed by atoms with Gasteiger partial charge in [0, 0.05) is 12.5 Å². The molecular formula is C17H25ClFNO3. The molecule has 0 fully saturated rings. The molecule has 130 valence electrons. The third kappa shape index (κ3) is 5.36. The number of carbonyl (C=O) groups is 1. The molecule has 0 aromatic heterocycles. The molecule has 1 N–H and O–H groups in total. The number of carbonyl (C=O) groups excluding carboxylic acids is 1. The zero-order valence-electron chi connectivity index (χ0n) is 13.9. The normalized spacial score (nSPS) is 18.3. The Morgan fingerprint density at radius 1 is 1.43 bits per heavy atom. The quantitative estimate of drug-likeness (QED) is 0.635. The van der Waals surface area contributed by atoms with Crippen molar-refractivity contribution in [1.82, 2.24) is 5.32 Å². The lowest BCUT2D eigenvalue weighted by atomic mass is 9.80. The molecule has 0 amide bonds. The molecule has 1 aliphatic rings. The number of esters is 1. The first kappa shape index (κ1) is 19.7. The number of hydrogen-bond acceptors (Lipinski definition) is 4. The smallest absolute Gasteiger partial charge is 0.306 e. The summed E-state index contributed by atoms with van der Waals surface area (Å²) < 4.78 is 24.0. The van der Waals surface area contributed by atoms with Crippen molar-refractivity contribution in [3.63, 3.8) is 0 Å². The van der Waals surface area contributed by atoms with Crippen molar-refractivity contribution in [2.24, 2.45) is 5.92 Å². The molecule has 1 atom stereocenters. The van der Waals surface area contributed by atoms with Crippen LogP contribution in [0.5, 0.6) is 5.75 Å². The van der Waals surface area contributed by atoms with Crippen LogP contribution in [-0.4, -0.2) is 31.8 Å². The minimum atomic E-state index is -0.283. The molecule has 0 spiro atoms. The molecule has 6 heteroatoms. The fourth-order valence-electron chi connectivity index (χ4n) is 2.83. The molecule has 1 aromatic rings. The summed E-state index contributed by atoms with van der Waals surface area (Å²) >= 11 is 0. The summed E-state index contributed by atoms with van der Waals surface area (Å²) in [5, 5.41) is 3.24. The van der Waals surface area contributed by atoms with Gasteiger partial charge in [0.15, 0.2) is 0 Å². The first-order valence-corrected chi connectivity index (χ1v) is 7.67. The molecule has 0 saturated heterocycles. The van der Waals surface area contributed by atoms with Gasteiger partial charge in [-0.1, -0.05) is 0 Å². The first-order valence-electron chi connectivity index (χ1n) is 7.67. The molecular weight excluding hydrogens is 321 g/mol. The van der Waals surface area contributed by atoms with E-state index in [-0.39, 0.29) is 29.8 Å². The summed E-state index contributed by atoms with van der Waals surface area (Å²) in [6.45, 7) is 5.53. The van der Waals surface area contributed by atoms with Crippen molar-refractivity contribution < 1.29 is 18.7 Å². The summed E-state index contributed by atoms with van der Waals surface area (Å²) in [6.07, 6.45) is 2.08. The first-order chi connectivity index (χ1) is 10.4. The second kappa shape index (κ2) is 8.50. The minimum absolute atomic E-state index is 0. The summed E-state index contributed by atoms with van der Waals surface area (Å²) in [4.78, 5) is 11.0. The third-order valence-electron chi connectivity index (χ3n) is 4.25. The van der Waals surface area contributed by atoms with Gasteiger partial charge in [0.2, 0.25) is 0 Å². The highest BCUT2D eigenvalue weighted by Crippen LogP contribution is 2.38. The van der Waals surface area contributed by atoms with Gasteiger partial charge in [-0.25, -0.2) is 4.39 Å². The molecule has 0 bridgehead atoms. The Balaban J connectivity index is 0.00000264. The summed E-state index contributed by atoms with van der Waals surface area (Å²) in [7, 11) is 1.39. The number of rotatable bonds is 6. The predicted molar refractivity (Wildman–Crippen MR) is 89.7 cm³/mol. The van der Waals surface area contributed by atoms with E-state index < -0.39 is 0 Å². The zero-order chi connectivity index (χ0) is 16.2. The fraction of sp³-hybridized carbons (Fsp3) is 0.588. The highest BCUT2D eigenvalue weighted by atomic mass is 35.5. The number of fused-ring (bicyclic) bond motifs is 1. The Morgan fingerprint density at radius 3 is 2.87 bits per heavy atom. The average Bonchev–Trinajstić information content (AvgIpc) is 2.47. The second-order valence-electron chi connectivity index (χ2n) is 6.22. The highest BCUT2D eigenvalue weighted by Gasteiger charge is 2.36. The maximum absolute atomic E-state index is 13.4. The predicted octanol–water partition coefficient (Wildman–Crippen LogP) is 3.12. The zero-order valence-corrected chi connectivity index (χ0v) is 14.7. The SMILES string of the molecule is COC(=O)CCNCCC1Cc2cc(F)ccc2OC1(C)C.Cl. The van der Waals surface area contributed by atoms with E-state index in [1.807, 2.05) is 0 Å². The summed E-state index contributed by atoms with van der Waals surface area (Å²) in [5.74, 6) is 0.643. The topological polar surface area (TPSA) is 47.6 Å². The van der Waals surface area contributed by atoms with Crippen molar-refractivity contribution in [2.45, 2.75) is 38.7 Å². The summed E-state index contributed by atoms with van der Waals surface area (Å²) in [5.41, 5.74) is 0.647.